The molecule has 1 unspecified atom stereocenters. The zero-order valence-corrected chi connectivity index (χ0v) is 16.0. The van der Waals surface area contributed by atoms with E-state index < -0.39 is 11.1 Å². The van der Waals surface area contributed by atoms with Crippen molar-refractivity contribution in [2.24, 2.45) is 0 Å². The van der Waals surface area contributed by atoms with Gasteiger partial charge in [-0.25, -0.2) is 4.21 Å². The zero-order valence-electron chi connectivity index (χ0n) is 15.2. The van der Waals surface area contributed by atoms with Gasteiger partial charge in [-0.2, -0.15) is 4.98 Å². The molecular formula is C22H20N2O3S. The number of hydrogen-bond acceptors (Lipinski definition) is 3. The summed E-state index contributed by atoms with van der Waals surface area (Å²) < 4.78 is 28.7. The van der Waals surface area contributed by atoms with Crippen molar-refractivity contribution in [2.75, 3.05) is 0 Å². The van der Waals surface area contributed by atoms with E-state index in [9.17, 15) is 8.76 Å². The van der Waals surface area contributed by atoms with Crippen LogP contribution in [0, 0.1) is 0 Å². The van der Waals surface area contributed by atoms with Crippen LogP contribution in [0.15, 0.2) is 78.9 Å². The lowest BCUT2D eigenvalue weighted by Gasteiger charge is -2.13. The molecule has 0 fully saturated rings. The van der Waals surface area contributed by atoms with Gasteiger partial charge in [-0.1, -0.05) is 66.7 Å². The van der Waals surface area contributed by atoms with Gasteiger partial charge in [-0.05, 0) is 28.8 Å². The molecule has 0 bridgehead atoms. The van der Waals surface area contributed by atoms with Gasteiger partial charge >= 0.3 is 0 Å². The smallest absolute Gasteiger partial charge is 0.297 e. The summed E-state index contributed by atoms with van der Waals surface area (Å²) in [5, 5.41) is 0. The second kappa shape index (κ2) is 8.37. The minimum atomic E-state index is -1.89. The molecule has 6 heteroatoms. The quantitative estimate of drug-likeness (QED) is 0.474. The lowest BCUT2D eigenvalue weighted by molar-refractivity contribution is 0.270. The molecule has 1 heterocycles. The molecule has 4 rings (SSSR count). The van der Waals surface area contributed by atoms with Crippen LogP contribution in [0.1, 0.15) is 16.7 Å². The van der Waals surface area contributed by atoms with Gasteiger partial charge in [0.1, 0.15) is 6.61 Å². The van der Waals surface area contributed by atoms with Crippen LogP contribution in [-0.2, 0) is 30.0 Å². The van der Waals surface area contributed by atoms with Crippen molar-refractivity contribution in [3.8, 4) is 6.01 Å². The highest BCUT2D eigenvalue weighted by Gasteiger charge is 2.14. The van der Waals surface area contributed by atoms with E-state index in [1.165, 1.54) is 0 Å². The third-order valence-corrected chi connectivity index (χ3v) is 5.11. The Labute approximate surface area is 165 Å². The maximum atomic E-state index is 11.3. The molecule has 1 aromatic heterocycles. The van der Waals surface area contributed by atoms with Crippen LogP contribution < -0.4 is 4.74 Å². The first-order chi connectivity index (χ1) is 13.7. The van der Waals surface area contributed by atoms with Crippen LogP contribution in [0.5, 0.6) is 6.01 Å². The number of fused-ring (bicyclic) bond motifs is 1. The molecule has 0 amide bonds. The predicted octanol–water partition coefficient (Wildman–Crippen LogP) is 4.39. The molecule has 0 spiro atoms. The average Bonchev–Trinajstić information content (AvgIpc) is 3.06. The highest BCUT2D eigenvalue weighted by Crippen LogP contribution is 2.25. The summed E-state index contributed by atoms with van der Waals surface area (Å²) in [6.45, 7) is 0.935. The van der Waals surface area contributed by atoms with Gasteiger partial charge in [0.25, 0.3) is 6.01 Å². The van der Waals surface area contributed by atoms with Crippen LogP contribution in [0.2, 0.25) is 0 Å². The van der Waals surface area contributed by atoms with E-state index in [1.54, 1.807) is 0 Å². The molecule has 0 saturated heterocycles. The Kier molecular flexibility index (Phi) is 5.50. The number of imidazole rings is 1. The Balaban J connectivity index is 1.69. The molecule has 5 nitrogen and oxygen atoms in total. The minimum absolute atomic E-state index is 0.100. The van der Waals surface area contributed by atoms with Crippen molar-refractivity contribution in [2.45, 2.75) is 18.9 Å². The van der Waals surface area contributed by atoms with Crippen molar-refractivity contribution in [3.05, 3.63) is 95.6 Å². The van der Waals surface area contributed by atoms with Gasteiger partial charge in [0.15, 0.2) is 11.1 Å². The van der Waals surface area contributed by atoms with E-state index in [2.05, 4.69) is 4.98 Å². The summed E-state index contributed by atoms with van der Waals surface area (Å²) >= 11 is -1.89. The van der Waals surface area contributed by atoms with Crippen molar-refractivity contribution in [1.29, 1.82) is 0 Å². The molecule has 1 N–H and O–H groups in total. The first-order valence-corrected chi connectivity index (χ1v) is 10.2. The predicted molar refractivity (Wildman–Crippen MR) is 111 cm³/mol. The lowest BCUT2D eigenvalue weighted by atomic mass is 10.1. The molecule has 0 saturated carbocycles. The molecule has 1 atom stereocenters. The van der Waals surface area contributed by atoms with Gasteiger partial charge in [0, 0.05) is 0 Å². The Hall–Kier alpha value is -2.96. The topological polar surface area (TPSA) is 64.3 Å². The number of para-hydroxylation sites is 2. The Morgan fingerprint density at radius 3 is 2.36 bits per heavy atom. The average molecular weight is 392 g/mol. The molecule has 0 radical (unpaired) electrons. The van der Waals surface area contributed by atoms with Crippen molar-refractivity contribution < 1.29 is 13.5 Å². The number of rotatable bonds is 7. The summed E-state index contributed by atoms with van der Waals surface area (Å²) in [6, 6.07) is 26.0. The van der Waals surface area contributed by atoms with Gasteiger partial charge in [-0.15, -0.1) is 0 Å². The largest absolute Gasteiger partial charge is 0.460 e. The van der Waals surface area contributed by atoms with Crippen molar-refractivity contribution >= 4 is 22.1 Å². The number of nitrogens with zero attached hydrogens (tertiary/aromatic N) is 2. The molecule has 0 aliphatic heterocycles. The van der Waals surface area contributed by atoms with Crippen LogP contribution in [0.4, 0.5) is 0 Å². The Morgan fingerprint density at radius 2 is 1.57 bits per heavy atom. The summed E-state index contributed by atoms with van der Waals surface area (Å²) in [7, 11) is 0. The number of ether oxygens (including phenoxy) is 1. The fourth-order valence-corrected chi connectivity index (χ4v) is 3.74. The molecule has 28 heavy (non-hydrogen) atoms. The lowest BCUT2D eigenvalue weighted by Crippen LogP contribution is -2.08. The van der Waals surface area contributed by atoms with E-state index in [-0.39, 0.29) is 5.75 Å². The second-order valence-electron chi connectivity index (χ2n) is 6.48. The van der Waals surface area contributed by atoms with E-state index in [1.807, 2.05) is 83.4 Å². The molecule has 142 valence electrons. The summed E-state index contributed by atoms with van der Waals surface area (Å²) in [4.78, 5) is 4.65. The monoisotopic (exact) mass is 392 g/mol. The van der Waals surface area contributed by atoms with E-state index in [0.29, 0.717) is 19.2 Å². The Morgan fingerprint density at radius 1 is 0.893 bits per heavy atom. The van der Waals surface area contributed by atoms with Gasteiger partial charge < -0.3 is 9.29 Å². The SMILES string of the molecule is O=S(O)Cc1ccccc1Cn1c(OCc2ccccc2)nc2ccccc21. The van der Waals surface area contributed by atoms with Crippen molar-refractivity contribution in [1.82, 2.24) is 9.55 Å². The fraction of sp³-hybridized carbons (Fsp3) is 0.136. The van der Waals surface area contributed by atoms with E-state index in [4.69, 9.17) is 4.74 Å². The van der Waals surface area contributed by atoms with E-state index in [0.717, 1.165) is 27.7 Å². The van der Waals surface area contributed by atoms with Crippen LogP contribution >= 0.6 is 0 Å². The van der Waals surface area contributed by atoms with Gasteiger partial charge in [0.05, 0.1) is 23.3 Å². The molecule has 3 aromatic carbocycles. The fourth-order valence-electron chi connectivity index (χ4n) is 3.19. The first-order valence-electron chi connectivity index (χ1n) is 8.97. The van der Waals surface area contributed by atoms with Gasteiger partial charge in [0.2, 0.25) is 0 Å². The summed E-state index contributed by atoms with van der Waals surface area (Å²) in [6.07, 6.45) is 0. The second-order valence-corrected chi connectivity index (χ2v) is 7.41. The molecule has 0 aliphatic carbocycles. The van der Waals surface area contributed by atoms with Gasteiger partial charge in [-0.3, -0.25) is 4.57 Å². The maximum absolute atomic E-state index is 11.3. The minimum Gasteiger partial charge on any atom is -0.460 e. The summed E-state index contributed by atoms with van der Waals surface area (Å²) in [5.74, 6) is 0.100. The zero-order chi connectivity index (χ0) is 19.3. The van der Waals surface area contributed by atoms with Crippen LogP contribution in [0.25, 0.3) is 11.0 Å². The normalized spacial score (nSPS) is 12.2. The third kappa shape index (κ3) is 4.13. The Bertz CT molecular complexity index is 1110. The van der Waals surface area contributed by atoms with E-state index >= 15 is 0 Å². The third-order valence-electron chi connectivity index (χ3n) is 4.56. The molecular weight excluding hydrogens is 372 g/mol. The standard InChI is InChI=1S/C22H20N2O3S/c25-28(26)16-19-11-5-4-10-18(19)14-24-21-13-7-6-12-20(21)23-22(24)27-15-17-8-2-1-3-9-17/h1-13H,14-16H2,(H,25,26). The maximum Gasteiger partial charge on any atom is 0.297 e. The van der Waals surface area contributed by atoms with Crippen LogP contribution in [-0.4, -0.2) is 18.3 Å². The number of hydrogen-bond donors (Lipinski definition) is 1. The molecule has 4 aromatic rings. The summed E-state index contributed by atoms with van der Waals surface area (Å²) in [5.41, 5.74) is 4.70. The highest BCUT2D eigenvalue weighted by atomic mass is 32.2. The highest BCUT2D eigenvalue weighted by molar-refractivity contribution is 7.78. The van der Waals surface area contributed by atoms with Crippen LogP contribution in [0.3, 0.4) is 0 Å². The molecule has 0 aliphatic rings. The van der Waals surface area contributed by atoms with Crippen molar-refractivity contribution in [3.63, 3.8) is 0 Å². The number of aromatic nitrogens is 2. The number of benzene rings is 3. The first kappa shape index (κ1) is 18.4.